The standard InChI is InChI=1S/C3H5ClO4S/c4-1-3(5)2-9(6,7)8/h1-2H2,(H,6,7,8). The van der Waals surface area contributed by atoms with Gasteiger partial charge in [-0.2, -0.15) is 8.42 Å². The minimum Gasteiger partial charge on any atom is -0.297 e. The Hall–Kier alpha value is -0.130. The predicted octanol–water partition coefficient (Wildman–Crippen LogP) is -0.318. The molecule has 0 aromatic heterocycles. The van der Waals surface area contributed by atoms with E-state index in [1.54, 1.807) is 0 Å². The van der Waals surface area contributed by atoms with Gasteiger partial charge in [0.25, 0.3) is 10.1 Å². The molecule has 0 spiro atoms. The van der Waals surface area contributed by atoms with Crippen molar-refractivity contribution >= 4 is 27.5 Å². The van der Waals surface area contributed by atoms with Gasteiger partial charge in [-0.05, 0) is 0 Å². The zero-order chi connectivity index (χ0) is 7.49. The fourth-order valence-electron chi connectivity index (χ4n) is 0.242. The molecule has 0 saturated heterocycles. The van der Waals surface area contributed by atoms with Crippen molar-refractivity contribution in [1.82, 2.24) is 0 Å². The summed E-state index contributed by atoms with van der Waals surface area (Å²) in [5.41, 5.74) is 0. The zero-order valence-corrected chi connectivity index (χ0v) is 5.94. The lowest BCUT2D eigenvalue weighted by molar-refractivity contribution is -0.114. The lowest BCUT2D eigenvalue weighted by Crippen LogP contribution is -2.15. The first-order valence-corrected chi connectivity index (χ1v) is 4.13. The van der Waals surface area contributed by atoms with E-state index in [4.69, 9.17) is 16.2 Å². The lowest BCUT2D eigenvalue weighted by Gasteiger charge is -1.89. The van der Waals surface area contributed by atoms with Crippen LogP contribution in [0.2, 0.25) is 0 Å². The molecule has 0 rings (SSSR count). The highest BCUT2D eigenvalue weighted by Gasteiger charge is 2.10. The minimum atomic E-state index is -4.17. The van der Waals surface area contributed by atoms with Crippen LogP contribution >= 0.6 is 11.6 Å². The third-order valence-electron chi connectivity index (χ3n) is 0.492. The van der Waals surface area contributed by atoms with Gasteiger partial charge in [0.2, 0.25) is 0 Å². The molecule has 0 aromatic rings. The molecule has 0 aliphatic heterocycles. The Kier molecular flexibility index (Phi) is 3.10. The van der Waals surface area contributed by atoms with Crippen LogP contribution in [0.4, 0.5) is 0 Å². The summed E-state index contributed by atoms with van der Waals surface area (Å²) in [7, 11) is -4.17. The molecular weight excluding hydrogens is 168 g/mol. The number of carbonyl (C=O) groups is 1. The van der Waals surface area contributed by atoms with E-state index in [2.05, 4.69) is 0 Å². The predicted molar refractivity (Wildman–Crippen MR) is 32.1 cm³/mol. The van der Waals surface area contributed by atoms with E-state index in [-0.39, 0.29) is 5.88 Å². The molecule has 4 nitrogen and oxygen atoms in total. The Bertz CT molecular complexity index is 194. The largest absolute Gasteiger partial charge is 0.297 e. The second-order valence-electron chi connectivity index (χ2n) is 1.40. The van der Waals surface area contributed by atoms with Crippen LogP contribution in [-0.4, -0.2) is 30.4 Å². The van der Waals surface area contributed by atoms with Gasteiger partial charge in [0.1, 0.15) is 5.75 Å². The van der Waals surface area contributed by atoms with E-state index in [9.17, 15) is 13.2 Å². The summed E-state index contributed by atoms with van der Waals surface area (Å²) in [6.45, 7) is 0. The Morgan fingerprint density at radius 1 is 1.56 bits per heavy atom. The number of rotatable bonds is 3. The van der Waals surface area contributed by atoms with Gasteiger partial charge in [0.05, 0.1) is 5.88 Å². The van der Waals surface area contributed by atoms with Gasteiger partial charge in [-0.15, -0.1) is 11.6 Å². The molecule has 0 radical (unpaired) electrons. The van der Waals surface area contributed by atoms with Crippen molar-refractivity contribution in [2.75, 3.05) is 11.6 Å². The van der Waals surface area contributed by atoms with Gasteiger partial charge in [0.15, 0.2) is 5.78 Å². The molecule has 0 unspecified atom stereocenters. The molecule has 0 heterocycles. The molecule has 0 fully saturated rings. The summed E-state index contributed by atoms with van der Waals surface area (Å²) in [4.78, 5) is 10.2. The van der Waals surface area contributed by atoms with Crippen molar-refractivity contribution in [3.05, 3.63) is 0 Å². The van der Waals surface area contributed by atoms with E-state index in [1.807, 2.05) is 0 Å². The number of hydrogen-bond acceptors (Lipinski definition) is 3. The number of halogens is 1. The van der Waals surface area contributed by atoms with Crippen molar-refractivity contribution in [3.63, 3.8) is 0 Å². The summed E-state index contributed by atoms with van der Waals surface area (Å²) in [5, 5.41) is 0. The third kappa shape index (κ3) is 5.75. The van der Waals surface area contributed by atoms with Crippen LogP contribution in [0.15, 0.2) is 0 Å². The molecule has 9 heavy (non-hydrogen) atoms. The van der Waals surface area contributed by atoms with Gasteiger partial charge in [-0.1, -0.05) is 0 Å². The third-order valence-corrected chi connectivity index (χ3v) is 1.48. The van der Waals surface area contributed by atoms with Crippen molar-refractivity contribution in [3.8, 4) is 0 Å². The topological polar surface area (TPSA) is 71.4 Å². The Balaban J connectivity index is 3.91. The van der Waals surface area contributed by atoms with E-state index < -0.39 is 21.7 Å². The molecule has 6 heteroatoms. The average molecular weight is 173 g/mol. The van der Waals surface area contributed by atoms with Gasteiger partial charge in [-0.3, -0.25) is 9.35 Å². The number of Topliss-reactive ketones (excluding diaryl/α,β-unsaturated/α-hetero) is 1. The van der Waals surface area contributed by atoms with Gasteiger partial charge < -0.3 is 0 Å². The van der Waals surface area contributed by atoms with E-state index in [0.717, 1.165) is 0 Å². The van der Waals surface area contributed by atoms with Crippen LogP contribution in [0.5, 0.6) is 0 Å². The summed E-state index contributed by atoms with van der Waals surface area (Å²) in [5.74, 6) is -1.99. The number of carbonyl (C=O) groups excluding carboxylic acids is 1. The fraction of sp³-hybridized carbons (Fsp3) is 0.667. The molecule has 0 aromatic carbocycles. The minimum absolute atomic E-state index is 0.389. The second-order valence-corrected chi connectivity index (χ2v) is 3.12. The van der Waals surface area contributed by atoms with Crippen LogP contribution < -0.4 is 0 Å². The summed E-state index contributed by atoms with van der Waals surface area (Å²) in [6.07, 6.45) is 0. The first kappa shape index (κ1) is 8.87. The quantitative estimate of drug-likeness (QED) is 0.468. The van der Waals surface area contributed by atoms with Crippen LogP contribution in [0, 0.1) is 0 Å². The summed E-state index contributed by atoms with van der Waals surface area (Å²) in [6, 6.07) is 0. The van der Waals surface area contributed by atoms with Gasteiger partial charge in [-0.25, -0.2) is 0 Å². The molecule has 0 saturated carbocycles. The SMILES string of the molecule is O=C(CCl)CS(=O)(=O)O. The van der Waals surface area contributed by atoms with Crippen molar-refractivity contribution < 1.29 is 17.8 Å². The summed E-state index contributed by atoms with van der Waals surface area (Å²) < 4.78 is 27.8. The molecule has 0 aliphatic rings. The highest BCUT2D eigenvalue weighted by Crippen LogP contribution is 1.85. The van der Waals surface area contributed by atoms with Crippen LogP contribution in [0.1, 0.15) is 0 Å². The molecule has 0 atom stereocenters. The molecule has 54 valence electrons. The maximum atomic E-state index is 10.2. The molecular formula is C3H5ClO4S. The smallest absolute Gasteiger partial charge is 0.272 e. The molecule has 0 bridgehead atoms. The Morgan fingerprint density at radius 2 is 2.00 bits per heavy atom. The molecule has 0 aliphatic carbocycles. The lowest BCUT2D eigenvalue weighted by atomic mass is 10.5. The normalized spacial score (nSPS) is 11.3. The van der Waals surface area contributed by atoms with Crippen LogP contribution in [0.25, 0.3) is 0 Å². The summed E-state index contributed by atoms with van der Waals surface area (Å²) >= 11 is 4.93. The highest BCUT2D eigenvalue weighted by atomic mass is 35.5. The van der Waals surface area contributed by atoms with Crippen molar-refractivity contribution in [1.29, 1.82) is 0 Å². The molecule has 1 N–H and O–H groups in total. The maximum Gasteiger partial charge on any atom is 0.272 e. The zero-order valence-electron chi connectivity index (χ0n) is 4.37. The van der Waals surface area contributed by atoms with E-state index >= 15 is 0 Å². The van der Waals surface area contributed by atoms with Crippen LogP contribution in [-0.2, 0) is 14.9 Å². The van der Waals surface area contributed by atoms with Crippen molar-refractivity contribution in [2.45, 2.75) is 0 Å². The van der Waals surface area contributed by atoms with Crippen LogP contribution in [0.3, 0.4) is 0 Å². The number of hydrogen-bond donors (Lipinski definition) is 1. The number of alkyl halides is 1. The number of ketones is 1. The monoisotopic (exact) mass is 172 g/mol. The van der Waals surface area contributed by atoms with Gasteiger partial charge in [0, 0.05) is 0 Å². The Morgan fingerprint density at radius 3 is 2.11 bits per heavy atom. The van der Waals surface area contributed by atoms with E-state index in [0.29, 0.717) is 0 Å². The van der Waals surface area contributed by atoms with E-state index in [1.165, 1.54) is 0 Å². The van der Waals surface area contributed by atoms with Gasteiger partial charge >= 0.3 is 0 Å². The van der Waals surface area contributed by atoms with Crippen molar-refractivity contribution in [2.24, 2.45) is 0 Å². The first-order chi connectivity index (χ1) is 3.95. The molecule has 0 amide bonds. The second kappa shape index (κ2) is 3.14. The Labute approximate surface area is 57.6 Å². The average Bonchev–Trinajstić information content (AvgIpc) is 1.62. The first-order valence-electron chi connectivity index (χ1n) is 1.98. The maximum absolute atomic E-state index is 10.2. The highest BCUT2D eigenvalue weighted by molar-refractivity contribution is 7.86. The fourth-order valence-corrected chi connectivity index (χ4v) is 0.958.